The zero-order valence-electron chi connectivity index (χ0n) is 15.0. The number of aryl methyl sites for hydroxylation is 2. The Morgan fingerprint density at radius 3 is 2.62 bits per heavy atom. The third kappa shape index (κ3) is 3.10. The molecule has 0 atom stereocenters. The quantitative estimate of drug-likeness (QED) is 0.729. The molecule has 1 N–H and O–H groups in total. The van der Waals surface area contributed by atoms with Gasteiger partial charge in [0.25, 0.3) is 0 Å². The van der Waals surface area contributed by atoms with Gasteiger partial charge in [-0.15, -0.1) is 11.3 Å². The van der Waals surface area contributed by atoms with Gasteiger partial charge in [0, 0.05) is 18.0 Å². The van der Waals surface area contributed by atoms with Crippen LogP contribution in [0.25, 0.3) is 10.2 Å². The summed E-state index contributed by atoms with van der Waals surface area (Å²) in [6, 6.07) is 9.03. The van der Waals surface area contributed by atoms with Gasteiger partial charge in [-0.3, -0.25) is 4.90 Å². The number of fused-ring (bicyclic) bond motifs is 3. The van der Waals surface area contributed by atoms with Crippen LogP contribution in [0.5, 0.6) is 0 Å². The maximum atomic E-state index is 4.54. The highest BCUT2D eigenvalue weighted by Gasteiger charge is 2.21. The van der Waals surface area contributed by atoms with Crippen LogP contribution in [-0.4, -0.2) is 28.0 Å². The molecule has 1 saturated heterocycles. The Balaban J connectivity index is 1.29. The lowest BCUT2D eigenvalue weighted by Gasteiger charge is -2.15. The summed E-state index contributed by atoms with van der Waals surface area (Å²) in [4.78, 5) is 14.2. The molecule has 2 aliphatic rings. The van der Waals surface area contributed by atoms with Gasteiger partial charge in [0.1, 0.15) is 17.0 Å². The molecule has 3 heterocycles. The Kier molecular flexibility index (Phi) is 4.35. The van der Waals surface area contributed by atoms with E-state index in [9.17, 15) is 0 Å². The second-order valence-corrected chi connectivity index (χ2v) is 8.50. The summed E-state index contributed by atoms with van der Waals surface area (Å²) in [5.74, 6) is 0.996. The van der Waals surface area contributed by atoms with Crippen LogP contribution in [0.15, 0.2) is 30.6 Å². The Labute approximate surface area is 158 Å². The summed E-state index contributed by atoms with van der Waals surface area (Å²) in [5.41, 5.74) is 4.19. The molecule has 134 valence electrons. The molecule has 5 rings (SSSR count). The van der Waals surface area contributed by atoms with Gasteiger partial charge in [-0.1, -0.05) is 24.3 Å². The van der Waals surface area contributed by atoms with Crippen molar-refractivity contribution in [3.05, 3.63) is 52.2 Å². The largest absolute Gasteiger partial charge is 0.365 e. The maximum Gasteiger partial charge on any atom is 0.138 e. The van der Waals surface area contributed by atoms with Crippen LogP contribution >= 0.6 is 11.3 Å². The number of rotatable bonds is 5. The molecule has 3 aromatic rings. The van der Waals surface area contributed by atoms with E-state index < -0.39 is 0 Å². The lowest BCUT2D eigenvalue weighted by molar-refractivity contribution is 0.331. The summed E-state index contributed by atoms with van der Waals surface area (Å²) >= 11 is 1.84. The van der Waals surface area contributed by atoms with Crippen molar-refractivity contribution in [3.63, 3.8) is 0 Å². The fourth-order valence-electron chi connectivity index (χ4n) is 4.21. The first-order valence-electron chi connectivity index (χ1n) is 9.66. The first kappa shape index (κ1) is 16.2. The van der Waals surface area contributed by atoms with Crippen LogP contribution in [0.4, 0.5) is 5.82 Å². The SMILES string of the molecule is c1nc(NCc2ccc(CN3CCCC3)cc2)c2c3c(sc2n1)CCC3. The normalized spacial score (nSPS) is 17.1. The third-order valence-corrected chi connectivity index (χ3v) is 6.79. The molecule has 0 radical (unpaired) electrons. The van der Waals surface area contributed by atoms with Crippen LogP contribution < -0.4 is 5.32 Å². The number of hydrogen-bond donors (Lipinski definition) is 1. The van der Waals surface area contributed by atoms with E-state index in [1.807, 2.05) is 11.3 Å². The van der Waals surface area contributed by atoms with E-state index in [4.69, 9.17) is 0 Å². The molecule has 0 bridgehead atoms. The molecule has 1 aliphatic heterocycles. The van der Waals surface area contributed by atoms with E-state index in [1.54, 1.807) is 6.33 Å². The van der Waals surface area contributed by atoms with Crippen molar-refractivity contribution in [2.75, 3.05) is 18.4 Å². The number of hydrogen-bond acceptors (Lipinski definition) is 5. The topological polar surface area (TPSA) is 41.1 Å². The van der Waals surface area contributed by atoms with Crippen LogP contribution in [0.1, 0.15) is 40.8 Å². The molecule has 0 unspecified atom stereocenters. The minimum Gasteiger partial charge on any atom is -0.365 e. The highest BCUT2D eigenvalue weighted by atomic mass is 32.1. The Bertz CT molecular complexity index is 910. The van der Waals surface area contributed by atoms with Crippen LogP contribution in [0, 0.1) is 0 Å². The molecule has 4 nitrogen and oxygen atoms in total. The van der Waals surface area contributed by atoms with E-state index in [0.717, 1.165) is 23.7 Å². The van der Waals surface area contributed by atoms with Gasteiger partial charge in [-0.25, -0.2) is 9.97 Å². The molecular formula is C21H24N4S. The van der Waals surface area contributed by atoms with Crippen molar-refractivity contribution in [1.82, 2.24) is 14.9 Å². The fraction of sp³-hybridized carbons (Fsp3) is 0.429. The van der Waals surface area contributed by atoms with Crippen LogP contribution in [0.2, 0.25) is 0 Å². The third-order valence-electron chi connectivity index (χ3n) is 5.59. The van der Waals surface area contributed by atoms with Crippen molar-refractivity contribution >= 4 is 27.4 Å². The van der Waals surface area contributed by atoms with E-state index in [-0.39, 0.29) is 0 Å². The molecule has 2 aromatic heterocycles. The monoisotopic (exact) mass is 364 g/mol. The predicted molar refractivity (Wildman–Crippen MR) is 108 cm³/mol. The summed E-state index contributed by atoms with van der Waals surface area (Å²) in [5, 5.41) is 4.82. The molecule has 1 aliphatic carbocycles. The number of thiophene rings is 1. The van der Waals surface area contributed by atoms with E-state index in [2.05, 4.69) is 44.5 Å². The number of nitrogens with zero attached hydrogens (tertiary/aromatic N) is 3. The molecule has 5 heteroatoms. The van der Waals surface area contributed by atoms with Gasteiger partial charge in [-0.2, -0.15) is 0 Å². The molecule has 1 aromatic carbocycles. The maximum absolute atomic E-state index is 4.54. The summed E-state index contributed by atoms with van der Waals surface area (Å²) in [7, 11) is 0. The van der Waals surface area contributed by atoms with Gasteiger partial charge in [0.15, 0.2) is 0 Å². The van der Waals surface area contributed by atoms with Crippen LogP contribution in [-0.2, 0) is 25.9 Å². The highest BCUT2D eigenvalue weighted by molar-refractivity contribution is 7.19. The van der Waals surface area contributed by atoms with Crippen molar-refractivity contribution < 1.29 is 0 Å². The van der Waals surface area contributed by atoms with Crippen molar-refractivity contribution in [1.29, 1.82) is 0 Å². The Hall–Kier alpha value is -1.98. The molecule has 0 spiro atoms. The second kappa shape index (κ2) is 6.97. The van der Waals surface area contributed by atoms with E-state index in [0.29, 0.717) is 0 Å². The second-order valence-electron chi connectivity index (χ2n) is 7.41. The molecular weight excluding hydrogens is 340 g/mol. The summed E-state index contributed by atoms with van der Waals surface area (Å²) in [6.45, 7) is 4.39. The number of aromatic nitrogens is 2. The Morgan fingerprint density at radius 2 is 1.77 bits per heavy atom. The first-order valence-corrected chi connectivity index (χ1v) is 10.5. The van der Waals surface area contributed by atoms with Gasteiger partial charge in [0.05, 0.1) is 5.39 Å². The Morgan fingerprint density at radius 1 is 0.962 bits per heavy atom. The van der Waals surface area contributed by atoms with Crippen molar-refractivity contribution in [2.45, 2.75) is 45.2 Å². The van der Waals surface area contributed by atoms with Crippen LogP contribution in [0.3, 0.4) is 0 Å². The standard InChI is InChI=1S/C21H24N4S/c1-2-11-25(10-1)13-16-8-6-15(7-9-16)12-22-20-19-17-4-3-5-18(17)26-21(19)24-14-23-20/h6-9,14H,1-5,10-13H2,(H,22,23,24). The molecule has 0 amide bonds. The fourth-order valence-corrected chi connectivity index (χ4v) is 5.44. The van der Waals surface area contributed by atoms with Gasteiger partial charge >= 0.3 is 0 Å². The van der Waals surface area contributed by atoms with Gasteiger partial charge < -0.3 is 5.32 Å². The zero-order valence-corrected chi connectivity index (χ0v) is 15.8. The minimum absolute atomic E-state index is 0.806. The lowest BCUT2D eigenvalue weighted by atomic mass is 10.1. The molecule has 0 saturated carbocycles. The summed E-state index contributed by atoms with van der Waals surface area (Å²) in [6.07, 6.45) is 8.03. The zero-order chi connectivity index (χ0) is 17.3. The van der Waals surface area contributed by atoms with Gasteiger partial charge in [-0.05, 0) is 61.9 Å². The average Bonchev–Trinajstić information content (AvgIpc) is 3.38. The molecule has 1 fully saturated rings. The number of benzene rings is 1. The number of likely N-dealkylation sites (tertiary alicyclic amines) is 1. The smallest absolute Gasteiger partial charge is 0.138 e. The predicted octanol–water partition coefficient (Wildman–Crippen LogP) is 4.39. The van der Waals surface area contributed by atoms with Crippen molar-refractivity contribution in [2.24, 2.45) is 0 Å². The lowest BCUT2D eigenvalue weighted by Crippen LogP contribution is -2.18. The van der Waals surface area contributed by atoms with Gasteiger partial charge in [0.2, 0.25) is 0 Å². The summed E-state index contributed by atoms with van der Waals surface area (Å²) < 4.78 is 0. The van der Waals surface area contributed by atoms with E-state index in [1.165, 1.54) is 72.1 Å². The molecule has 26 heavy (non-hydrogen) atoms. The minimum atomic E-state index is 0.806. The average molecular weight is 365 g/mol. The highest BCUT2D eigenvalue weighted by Crippen LogP contribution is 2.39. The number of anilines is 1. The number of nitrogens with one attached hydrogen (secondary N) is 1. The van der Waals surface area contributed by atoms with E-state index >= 15 is 0 Å². The first-order chi connectivity index (χ1) is 12.9. The van der Waals surface area contributed by atoms with Crippen molar-refractivity contribution in [3.8, 4) is 0 Å².